The first-order valence-electron chi connectivity index (χ1n) is 5.94. The molecule has 0 unspecified atom stereocenters. The fourth-order valence-corrected chi connectivity index (χ4v) is 1.98. The van der Waals surface area contributed by atoms with Crippen LogP contribution in [0.1, 0.15) is 10.4 Å². The third-order valence-electron chi connectivity index (χ3n) is 2.39. The number of rotatable bonds is 5. The molecule has 1 aromatic carbocycles. The van der Waals surface area contributed by atoms with Gasteiger partial charge in [0.25, 0.3) is 5.91 Å². The summed E-state index contributed by atoms with van der Waals surface area (Å²) in [7, 11) is 0. The summed E-state index contributed by atoms with van der Waals surface area (Å²) in [5.74, 6) is -2.36. The second-order valence-electron chi connectivity index (χ2n) is 4.14. The van der Waals surface area contributed by atoms with Crippen molar-refractivity contribution in [3.8, 4) is 0 Å². The number of amides is 1. The first-order chi connectivity index (χ1) is 10.6. The van der Waals surface area contributed by atoms with Crippen molar-refractivity contribution in [2.24, 2.45) is 0 Å². The molecule has 11 heteroatoms. The number of halogens is 4. The van der Waals surface area contributed by atoms with E-state index >= 15 is 0 Å². The molecule has 0 heterocycles. The van der Waals surface area contributed by atoms with E-state index in [9.17, 15) is 19.1 Å². The van der Waals surface area contributed by atoms with Crippen LogP contribution in [0.2, 0.25) is 0 Å². The van der Waals surface area contributed by atoms with E-state index in [1.165, 1.54) is 24.3 Å². The van der Waals surface area contributed by atoms with Gasteiger partial charge < -0.3 is 25.9 Å². The Hall–Kier alpha value is -1.35. The van der Waals surface area contributed by atoms with Gasteiger partial charge in [0.2, 0.25) is 3.79 Å². The summed E-state index contributed by atoms with van der Waals surface area (Å²) in [5, 5.41) is 17.9. The fourth-order valence-electron chi connectivity index (χ4n) is 1.42. The zero-order chi connectivity index (χ0) is 17.6. The van der Waals surface area contributed by atoms with Crippen molar-refractivity contribution in [1.29, 1.82) is 0 Å². The maximum absolute atomic E-state index is 12.3. The third-order valence-corrected chi connectivity index (χ3v) is 3.26. The average molecular weight is 402 g/mol. The molecule has 0 aliphatic heterocycles. The average Bonchev–Trinajstić information content (AvgIpc) is 2.45. The molecule has 126 valence electrons. The highest BCUT2D eigenvalue weighted by Crippen LogP contribution is 2.29. The summed E-state index contributed by atoms with van der Waals surface area (Å²) >= 11 is 22.0. The number of benzene rings is 1. The summed E-state index contributed by atoms with van der Waals surface area (Å²) in [4.78, 5) is 21.9. The molecule has 1 amide bonds. The quantitative estimate of drug-likeness (QED) is 0.389. The van der Waals surface area contributed by atoms with Crippen LogP contribution in [-0.2, 0) is 4.79 Å². The highest BCUT2D eigenvalue weighted by molar-refractivity contribution is 7.80. The summed E-state index contributed by atoms with van der Waals surface area (Å²) in [6, 6.07) is 5.61. The van der Waals surface area contributed by atoms with Gasteiger partial charge in [0.05, 0.1) is 5.97 Å². The van der Waals surface area contributed by atoms with Crippen molar-refractivity contribution in [3.63, 3.8) is 0 Å². The molecule has 0 aliphatic carbocycles. The number of carbonyl (C=O) groups is 2. The number of hydrogen-bond acceptors (Lipinski definition) is 4. The van der Waals surface area contributed by atoms with Gasteiger partial charge in [0.1, 0.15) is 6.17 Å². The Morgan fingerprint density at radius 1 is 1.30 bits per heavy atom. The molecule has 23 heavy (non-hydrogen) atoms. The van der Waals surface area contributed by atoms with Crippen LogP contribution in [0.5, 0.6) is 0 Å². The lowest BCUT2D eigenvalue weighted by Crippen LogP contribution is -2.56. The molecule has 1 rings (SSSR count). The highest BCUT2D eigenvalue weighted by atomic mass is 35.6. The predicted octanol–water partition coefficient (Wildman–Crippen LogP) is 1.12. The van der Waals surface area contributed by atoms with Gasteiger partial charge in [-0.2, -0.15) is 0 Å². The van der Waals surface area contributed by atoms with E-state index in [1.54, 1.807) is 0 Å². The van der Waals surface area contributed by atoms with Crippen molar-refractivity contribution < 1.29 is 19.1 Å². The molecular formula is C12H10Cl3FN3O3S-. The molecule has 0 bridgehead atoms. The standard InChI is InChI=1S/C12H11Cl3FN3O3S/c13-12(14,15)10(18-8(20)5-16)19-11(23)17-7-3-1-2-6(4-7)9(21)22/h1-4,10H,5H2,(H,18,20)(H,21,22)(H2,17,19,23)/p-1/t10-/m1/s1. The number of alkyl halides is 4. The molecule has 0 fully saturated rings. The molecule has 1 aromatic rings. The Kier molecular flexibility index (Phi) is 7.27. The van der Waals surface area contributed by atoms with Crippen LogP contribution in [-0.4, -0.2) is 33.6 Å². The third kappa shape index (κ3) is 6.74. The molecule has 0 aromatic heterocycles. The number of carbonyl (C=O) groups excluding carboxylic acids is 2. The molecule has 0 aliphatic rings. The zero-order valence-electron chi connectivity index (χ0n) is 11.2. The Labute approximate surface area is 151 Å². The summed E-state index contributed by atoms with van der Waals surface area (Å²) in [6.45, 7) is -1.30. The first-order valence-corrected chi connectivity index (χ1v) is 7.48. The molecule has 0 spiro atoms. The minimum Gasteiger partial charge on any atom is -0.545 e. The molecule has 6 nitrogen and oxygen atoms in total. The van der Waals surface area contributed by atoms with Crippen LogP contribution in [0.25, 0.3) is 0 Å². The van der Waals surface area contributed by atoms with Gasteiger partial charge in [-0.1, -0.05) is 46.9 Å². The molecule has 0 radical (unpaired) electrons. The van der Waals surface area contributed by atoms with Gasteiger partial charge in [-0.25, -0.2) is 4.39 Å². The number of aromatic carboxylic acids is 1. The minimum absolute atomic E-state index is 0.0681. The van der Waals surface area contributed by atoms with Crippen LogP contribution in [0, 0.1) is 0 Å². The fraction of sp³-hybridized carbons (Fsp3) is 0.250. The van der Waals surface area contributed by atoms with Crippen LogP contribution in [0.4, 0.5) is 10.1 Å². The summed E-state index contributed by atoms with van der Waals surface area (Å²) in [6.07, 6.45) is -1.31. The van der Waals surface area contributed by atoms with Gasteiger partial charge in [0, 0.05) is 5.69 Å². The Bertz CT molecular complexity index is 613. The zero-order valence-corrected chi connectivity index (χ0v) is 14.3. The maximum atomic E-state index is 12.3. The number of carboxylic acid groups (broad SMARTS) is 1. The molecule has 0 saturated heterocycles. The molecule has 1 atom stereocenters. The largest absolute Gasteiger partial charge is 0.545 e. The van der Waals surface area contributed by atoms with Crippen molar-refractivity contribution >= 4 is 69.7 Å². The lowest BCUT2D eigenvalue weighted by Gasteiger charge is -2.27. The van der Waals surface area contributed by atoms with Crippen molar-refractivity contribution in [1.82, 2.24) is 10.6 Å². The van der Waals surface area contributed by atoms with Crippen molar-refractivity contribution in [2.75, 3.05) is 12.0 Å². The van der Waals surface area contributed by atoms with E-state index in [-0.39, 0.29) is 10.7 Å². The van der Waals surface area contributed by atoms with E-state index in [4.69, 9.17) is 47.0 Å². The smallest absolute Gasteiger partial charge is 0.253 e. The lowest BCUT2D eigenvalue weighted by atomic mass is 10.2. The predicted molar refractivity (Wildman–Crippen MR) is 88.3 cm³/mol. The minimum atomic E-state index is -2.01. The van der Waals surface area contributed by atoms with Crippen LogP contribution < -0.4 is 21.1 Å². The van der Waals surface area contributed by atoms with Crippen LogP contribution in [0.15, 0.2) is 24.3 Å². The maximum Gasteiger partial charge on any atom is 0.253 e. The highest BCUT2D eigenvalue weighted by Gasteiger charge is 2.34. The number of anilines is 1. The van der Waals surface area contributed by atoms with E-state index < -0.39 is 28.5 Å². The number of hydrogen-bond donors (Lipinski definition) is 3. The number of nitrogens with one attached hydrogen (secondary N) is 3. The lowest BCUT2D eigenvalue weighted by molar-refractivity contribution is -0.255. The SMILES string of the molecule is O=C(CF)N[C@H](NC(=S)Nc1cccc(C(=O)[O-])c1)C(Cl)(Cl)Cl. The number of thiocarbonyl (C=S) groups is 1. The van der Waals surface area contributed by atoms with Crippen molar-refractivity contribution in [3.05, 3.63) is 29.8 Å². The van der Waals surface area contributed by atoms with E-state index in [2.05, 4.69) is 16.0 Å². The Balaban J connectivity index is 2.77. The summed E-state index contributed by atoms with van der Waals surface area (Å²) in [5.41, 5.74) is 0.255. The van der Waals surface area contributed by atoms with Crippen molar-refractivity contribution in [2.45, 2.75) is 9.96 Å². The Morgan fingerprint density at radius 3 is 2.48 bits per heavy atom. The topological polar surface area (TPSA) is 93.3 Å². The van der Waals surface area contributed by atoms with Crippen LogP contribution >= 0.6 is 47.0 Å². The molecular weight excluding hydrogens is 392 g/mol. The normalized spacial score (nSPS) is 12.2. The second kappa shape index (κ2) is 8.49. The monoisotopic (exact) mass is 400 g/mol. The van der Waals surface area contributed by atoms with E-state index in [1.807, 2.05) is 0 Å². The van der Waals surface area contributed by atoms with E-state index in [0.717, 1.165) is 0 Å². The van der Waals surface area contributed by atoms with Gasteiger partial charge in [-0.05, 0) is 29.9 Å². The van der Waals surface area contributed by atoms with Gasteiger partial charge in [-0.3, -0.25) is 4.79 Å². The van der Waals surface area contributed by atoms with Crippen LogP contribution in [0.3, 0.4) is 0 Å². The second-order valence-corrected chi connectivity index (χ2v) is 6.92. The summed E-state index contributed by atoms with van der Waals surface area (Å²) < 4.78 is 10.2. The van der Waals surface area contributed by atoms with Gasteiger partial charge in [0.15, 0.2) is 11.8 Å². The van der Waals surface area contributed by atoms with Gasteiger partial charge >= 0.3 is 0 Å². The van der Waals surface area contributed by atoms with E-state index in [0.29, 0.717) is 5.69 Å². The molecule has 0 saturated carbocycles. The number of carboxylic acids is 1. The Morgan fingerprint density at radius 2 is 1.96 bits per heavy atom. The first kappa shape index (κ1) is 19.7. The van der Waals surface area contributed by atoms with Gasteiger partial charge in [-0.15, -0.1) is 0 Å². The molecule has 3 N–H and O–H groups in total.